The predicted molar refractivity (Wildman–Crippen MR) is 153 cm³/mol. The molecule has 2 unspecified atom stereocenters. The molecule has 0 spiro atoms. The summed E-state index contributed by atoms with van der Waals surface area (Å²) < 4.78 is 46.6. The van der Waals surface area contributed by atoms with Crippen molar-refractivity contribution >= 4 is 17.9 Å². The highest BCUT2D eigenvalue weighted by molar-refractivity contribution is 7.99. The third-order valence-corrected chi connectivity index (χ3v) is 10.0. The van der Waals surface area contributed by atoms with Gasteiger partial charge in [-0.15, -0.1) is 10.2 Å². The molecule has 2 atom stereocenters. The van der Waals surface area contributed by atoms with Gasteiger partial charge in [-0.05, 0) is 108 Å². The van der Waals surface area contributed by atoms with Gasteiger partial charge in [0.15, 0.2) is 5.16 Å². The smallest absolute Gasteiger partial charge is 0.416 e. The van der Waals surface area contributed by atoms with Crippen molar-refractivity contribution in [2.45, 2.75) is 87.6 Å². The number of ether oxygens (including phenoxy) is 1. The van der Waals surface area contributed by atoms with Crippen molar-refractivity contribution < 1.29 is 22.7 Å². The Bertz CT molecular complexity index is 1200. The van der Waals surface area contributed by atoms with Gasteiger partial charge in [-0.2, -0.15) is 13.2 Å². The van der Waals surface area contributed by atoms with Gasteiger partial charge in [-0.25, -0.2) is 4.79 Å². The summed E-state index contributed by atoms with van der Waals surface area (Å²) in [6.45, 7) is 10.0. The Labute approximate surface area is 245 Å². The second-order valence-electron chi connectivity index (χ2n) is 12.9. The molecular weight excluding hydrogens is 551 g/mol. The number of nitrogens with zero attached hydrogens (tertiary/aromatic N) is 5. The molecule has 2 saturated heterocycles. The van der Waals surface area contributed by atoms with Crippen molar-refractivity contribution in [1.82, 2.24) is 24.6 Å². The van der Waals surface area contributed by atoms with Crippen LogP contribution in [0, 0.1) is 5.92 Å². The summed E-state index contributed by atoms with van der Waals surface area (Å²) in [6.07, 6.45) is 1.41. The van der Waals surface area contributed by atoms with Crippen LogP contribution < -0.4 is 0 Å². The van der Waals surface area contributed by atoms with Crippen LogP contribution in [0.25, 0.3) is 0 Å². The lowest BCUT2D eigenvalue weighted by Crippen LogP contribution is -2.41. The quantitative estimate of drug-likeness (QED) is 0.270. The minimum absolute atomic E-state index is 0.0612. The van der Waals surface area contributed by atoms with Crippen molar-refractivity contribution in [2.24, 2.45) is 13.0 Å². The van der Waals surface area contributed by atoms with Crippen LogP contribution in [-0.2, 0) is 23.4 Å². The van der Waals surface area contributed by atoms with Crippen LogP contribution in [0.4, 0.5) is 18.0 Å². The maximum absolute atomic E-state index is 13.0. The van der Waals surface area contributed by atoms with Crippen LogP contribution in [-0.4, -0.2) is 74.7 Å². The van der Waals surface area contributed by atoms with Gasteiger partial charge >= 0.3 is 12.3 Å². The van der Waals surface area contributed by atoms with Crippen molar-refractivity contribution in [1.29, 1.82) is 0 Å². The molecule has 7 nitrogen and oxygen atoms in total. The molecule has 1 aliphatic carbocycles. The average Bonchev–Trinajstić information content (AvgIpc) is 3.55. The maximum Gasteiger partial charge on any atom is 0.416 e. The Morgan fingerprint density at radius 2 is 1.76 bits per heavy atom. The summed E-state index contributed by atoms with van der Waals surface area (Å²) >= 11 is 1.73. The van der Waals surface area contributed by atoms with E-state index in [-0.39, 0.29) is 17.4 Å². The fourth-order valence-corrected chi connectivity index (χ4v) is 7.33. The number of carbonyl (C=O) groups excluding carboxylic acids is 1. The Morgan fingerprint density at radius 3 is 2.41 bits per heavy atom. The molecule has 2 aromatic rings. The summed E-state index contributed by atoms with van der Waals surface area (Å²) in [4.78, 5) is 16.7. The number of alkyl halides is 3. The zero-order chi connectivity index (χ0) is 29.4. The maximum atomic E-state index is 13.0. The van der Waals surface area contributed by atoms with Crippen molar-refractivity contribution in [3.63, 3.8) is 0 Å². The molecule has 1 aromatic carbocycles. The number of likely N-dealkylation sites (tertiary alicyclic amines) is 2. The molecule has 41 heavy (non-hydrogen) atoms. The molecule has 3 aliphatic rings. The first-order valence-electron chi connectivity index (χ1n) is 14.8. The second-order valence-corrected chi connectivity index (χ2v) is 13.9. The highest BCUT2D eigenvalue weighted by atomic mass is 32.2. The topological polar surface area (TPSA) is 63.5 Å². The Morgan fingerprint density at radius 1 is 1.05 bits per heavy atom. The van der Waals surface area contributed by atoms with Crippen LogP contribution >= 0.6 is 11.8 Å². The van der Waals surface area contributed by atoms with E-state index in [2.05, 4.69) is 19.7 Å². The number of aromatic nitrogens is 3. The van der Waals surface area contributed by atoms with Crippen molar-refractivity contribution in [3.8, 4) is 0 Å². The molecule has 2 aliphatic heterocycles. The second kappa shape index (κ2) is 11.8. The summed E-state index contributed by atoms with van der Waals surface area (Å²) in [5.41, 5.74) is 0.0725. The zero-order valence-electron chi connectivity index (χ0n) is 24.5. The minimum atomic E-state index is -4.29. The van der Waals surface area contributed by atoms with E-state index in [1.807, 2.05) is 27.8 Å². The van der Waals surface area contributed by atoms with Gasteiger partial charge < -0.3 is 19.1 Å². The van der Waals surface area contributed by atoms with E-state index in [4.69, 9.17) is 4.74 Å². The van der Waals surface area contributed by atoms with Crippen LogP contribution in [0.5, 0.6) is 0 Å². The zero-order valence-corrected chi connectivity index (χ0v) is 25.4. The Kier molecular flexibility index (Phi) is 8.68. The number of hydrogen-bond donors (Lipinski definition) is 0. The summed E-state index contributed by atoms with van der Waals surface area (Å²) in [5.74, 6) is 2.79. The van der Waals surface area contributed by atoms with Crippen LogP contribution in [0.3, 0.4) is 0 Å². The lowest BCUT2D eigenvalue weighted by Gasteiger charge is -2.33. The number of carbonyl (C=O) groups is 1. The summed E-state index contributed by atoms with van der Waals surface area (Å²) in [7, 11) is 2.03. The van der Waals surface area contributed by atoms with E-state index in [0.29, 0.717) is 19.0 Å². The molecule has 0 radical (unpaired) electrons. The summed E-state index contributed by atoms with van der Waals surface area (Å²) in [6, 6.07) is 5.89. The number of hydrogen-bond acceptors (Lipinski definition) is 6. The number of piperidine rings is 1. The number of amides is 1. The fourth-order valence-electron chi connectivity index (χ4n) is 6.49. The monoisotopic (exact) mass is 593 g/mol. The van der Waals surface area contributed by atoms with E-state index in [1.54, 1.807) is 28.8 Å². The molecule has 1 amide bonds. The van der Waals surface area contributed by atoms with E-state index in [0.717, 1.165) is 80.5 Å². The van der Waals surface area contributed by atoms with E-state index in [1.165, 1.54) is 12.1 Å². The molecular formula is C30H42F3N5O2S. The van der Waals surface area contributed by atoms with Gasteiger partial charge in [-0.3, -0.25) is 0 Å². The van der Waals surface area contributed by atoms with Gasteiger partial charge in [0, 0.05) is 31.8 Å². The molecule has 1 saturated carbocycles. The standard InChI is InChI=1S/C30H42F3N5O2S/c1-28(2,3)40-27(39)38-16-10-21(11-17-38)25-34-35-26(36(25)4)41-19-5-14-37-15-12-24-20-29(24,13-18-37)22-6-8-23(9-7-22)30(31,32)33/h6-9,21,24H,5,10-20H2,1-4H3. The first-order chi connectivity index (χ1) is 19.4. The lowest BCUT2D eigenvalue weighted by molar-refractivity contribution is -0.137. The number of thioether (sulfide) groups is 1. The van der Waals surface area contributed by atoms with Crippen LogP contribution in [0.1, 0.15) is 82.2 Å². The third kappa shape index (κ3) is 7.04. The number of rotatable bonds is 7. The Hall–Kier alpha value is -2.27. The van der Waals surface area contributed by atoms with Crippen molar-refractivity contribution in [2.75, 3.05) is 38.5 Å². The highest BCUT2D eigenvalue weighted by Gasteiger charge is 2.55. The average molecular weight is 594 g/mol. The molecule has 0 bridgehead atoms. The van der Waals surface area contributed by atoms with Gasteiger partial charge in [0.2, 0.25) is 0 Å². The fraction of sp³-hybridized carbons (Fsp3) is 0.700. The Balaban J connectivity index is 1.05. The molecule has 1 aromatic heterocycles. The largest absolute Gasteiger partial charge is 0.444 e. The first-order valence-corrected chi connectivity index (χ1v) is 15.7. The molecule has 11 heteroatoms. The molecule has 3 fully saturated rings. The van der Waals surface area contributed by atoms with Crippen LogP contribution in [0.15, 0.2) is 29.4 Å². The van der Waals surface area contributed by atoms with E-state index in [9.17, 15) is 18.0 Å². The molecule has 5 rings (SSSR count). The first kappa shape index (κ1) is 30.2. The molecule has 0 N–H and O–H groups in total. The predicted octanol–water partition coefficient (Wildman–Crippen LogP) is 6.48. The minimum Gasteiger partial charge on any atom is -0.444 e. The molecule has 226 valence electrons. The highest BCUT2D eigenvalue weighted by Crippen LogP contribution is 2.59. The normalized spacial score (nSPS) is 24.2. The number of halogens is 3. The van der Waals surface area contributed by atoms with Crippen LogP contribution in [0.2, 0.25) is 0 Å². The lowest BCUT2D eigenvalue weighted by atomic mass is 9.89. The van der Waals surface area contributed by atoms with Gasteiger partial charge in [0.1, 0.15) is 11.4 Å². The van der Waals surface area contributed by atoms with Gasteiger partial charge in [-0.1, -0.05) is 23.9 Å². The SMILES string of the molecule is Cn1c(SCCCN2CCC3CC3(c3ccc(C(F)(F)F)cc3)CC2)nnc1C1CCN(C(=O)OC(C)(C)C)CC1. The van der Waals surface area contributed by atoms with Gasteiger partial charge in [0.25, 0.3) is 0 Å². The van der Waals surface area contributed by atoms with E-state index < -0.39 is 17.3 Å². The number of benzene rings is 1. The summed E-state index contributed by atoms with van der Waals surface area (Å²) in [5, 5.41) is 9.89. The third-order valence-electron chi connectivity index (χ3n) is 8.92. The number of fused-ring (bicyclic) bond motifs is 1. The molecule has 3 heterocycles. The van der Waals surface area contributed by atoms with Crippen molar-refractivity contribution in [3.05, 3.63) is 41.2 Å². The van der Waals surface area contributed by atoms with E-state index >= 15 is 0 Å². The van der Waals surface area contributed by atoms with Gasteiger partial charge in [0.05, 0.1) is 5.56 Å².